The van der Waals surface area contributed by atoms with Gasteiger partial charge in [-0.2, -0.15) is 0 Å². The van der Waals surface area contributed by atoms with Crippen molar-refractivity contribution >= 4 is 29.9 Å². The Morgan fingerprint density at radius 1 is 1.47 bits per heavy atom. The van der Waals surface area contributed by atoms with Crippen LogP contribution in [0, 0.1) is 0 Å². The van der Waals surface area contributed by atoms with Crippen molar-refractivity contribution in [1.29, 1.82) is 0 Å². The van der Waals surface area contributed by atoms with Crippen molar-refractivity contribution in [1.82, 2.24) is 15.5 Å². The third-order valence-electron chi connectivity index (χ3n) is 2.93. The predicted molar refractivity (Wildman–Crippen MR) is 91.5 cm³/mol. The van der Waals surface area contributed by atoms with E-state index in [1.54, 1.807) is 0 Å². The summed E-state index contributed by atoms with van der Waals surface area (Å²) >= 11 is 0. The van der Waals surface area contributed by atoms with Gasteiger partial charge in [-0.1, -0.05) is 0 Å². The molecule has 0 aliphatic carbocycles. The minimum Gasteiger partial charge on any atom is -0.379 e. The zero-order valence-electron chi connectivity index (χ0n) is 12.6. The molecule has 1 fully saturated rings. The molecule has 5 nitrogen and oxygen atoms in total. The topological polar surface area (TPSA) is 48.9 Å². The fourth-order valence-corrected chi connectivity index (χ4v) is 1.98. The van der Waals surface area contributed by atoms with Crippen LogP contribution in [0.4, 0.5) is 0 Å². The van der Waals surface area contributed by atoms with Gasteiger partial charge in [0.15, 0.2) is 5.96 Å². The first kappa shape index (κ1) is 18.9. The number of ether oxygens (including phenoxy) is 1. The molecule has 0 amide bonds. The van der Waals surface area contributed by atoms with Crippen LogP contribution in [0.25, 0.3) is 0 Å². The van der Waals surface area contributed by atoms with Crippen LogP contribution in [0.2, 0.25) is 0 Å². The van der Waals surface area contributed by atoms with Gasteiger partial charge in [-0.3, -0.25) is 9.89 Å². The van der Waals surface area contributed by atoms with Gasteiger partial charge in [-0.05, 0) is 27.7 Å². The quantitative estimate of drug-likeness (QED) is 0.426. The highest BCUT2D eigenvalue weighted by Crippen LogP contribution is 2.04. The molecule has 0 radical (unpaired) electrons. The van der Waals surface area contributed by atoms with E-state index in [9.17, 15) is 0 Å². The Kier molecular flexibility index (Phi) is 10.6. The molecule has 19 heavy (non-hydrogen) atoms. The molecule has 1 atom stereocenters. The number of hydrogen-bond donors (Lipinski definition) is 2. The van der Waals surface area contributed by atoms with Crippen molar-refractivity contribution in [2.75, 3.05) is 39.4 Å². The molecule has 114 valence electrons. The van der Waals surface area contributed by atoms with Crippen molar-refractivity contribution < 1.29 is 4.74 Å². The van der Waals surface area contributed by atoms with Crippen LogP contribution < -0.4 is 10.6 Å². The molecule has 2 N–H and O–H groups in total. The molecular formula is C13H29IN4O. The number of guanidine groups is 1. The van der Waals surface area contributed by atoms with E-state index >= 15 is 0 Å². The summed E-state index contributed by atoms with van der Waals surface area (Å²) in [5.41, 5.74) is 0. The largest absolute Gasteiger partial charge is 0.379 e. The fourth-order valence-electron chi connectivity index (χ4n) is 1.98. The molecule has 1 heterocycles. The van der Waals surface area contributed by atoms with E-state index in [1.165, 1.54) is 0 Å². The first-order valence-electron chi connectivity index (χ1n) is 7.00. The Bertz CT molecular complexity index is 261. The van der Waals surface area contributed by atoms with E-state index in [2.05, 4.69) is 48.2 Å². The van der Waals surface area contributed by atoms with Gasteiger partial charge in [0.05, 0.1) is 19.8 Å². The van der Waals surface area contributed by atoms with Gasteiger partial charge < -0.3 is 15.4 Å². The number of halogens is 1. The average molecular weight is 384 g/mol. The second-order valence-corrected chi connectivity index (χ2v) is 5.02. The van der Waals surface area contributed by atoms with Gasteiger partial charge in [0.1, 0.15) is 0 Å². The number of hydrogen-bond acceptors (Lipinski definition) is 3. The zero-order chi connectivity index (χ0) is 13.4. The normalized spacial score (nSPS) is 21.1. The maximum Gasteiger partial charge on any atom is 0.191 e. The van der Waals surface area contributed by atoms with Crippen molar-refractivity contribution in [3.8, 4) is 0 Å². The molecule has 0 spiro atoms. The SMILES string of the molecule is CCNC(=NCCN1CCOCC1C)NC(C)C.I. The average Bonchev–Trinajstić information content (AvgIpc) is 2.31. The van der Waals surface area contributed by atoms with Gasteiger partial charge >= 0.3 is 0 Å². The van der Waals surface area contributed by atoms with E-state index in [0.29, 0.717) is 12.1 Å². The van der Waals surface area contributed by atoms with Crippen LogP contribution in [0.3, 0.4) is 0 Å². The van der Waals surface area contributed by atoms with Gasteiger partial charge in [0.2, 0.25) is 0 Å². The lowest BCUT2D eigenvalue weighted by Gasteiger charge is -2.32. The minimum absolute atomic E-state index is 0. The van der Waals surface area contributed by atoms with Crippen molar-refractivity contribution in [2.45, 2.75) is 39.8 Å². The molecule has 1 aliphatic heterocycles. The van der Waals surface area contributed by atoms with Gasteiger partial charge in [0.25, 0.3) is 0 Å². The number of nitrogens with zero attached hydrogens (tertiary/aromatic N) is 2. The van der Waals surface area contributed by atoms with Crippen LogP contribution in [0.15, 0.2) is 4.99 Å². The number of morpholine rings is 1. The summed E-state index contributed by atoms with van der Waals surface area (Å²) in [4.78, 5) is 7.03. The highest BCUT2D eigenvalue weighted by Gasteiger charge is 2.17. The highest BCUT2D eigenvalue weighted by molar-refractivity contribution is 14.0. The summed E-state index contributed by atoms with van der Waals surface area (Å²) < 4.78 is 5.43. The lowest BCUT2D eigenvalue weighted by Crippen LogP contribution is -2.45. The summed E-state index contributed by atoms with van der Waals surface area (Å²) in [6.45, 7) is 14.0. The van der Waals surface area contributed by atoms with Crippen molar-refractivity contribution in [3.05, 3.63) is 0 Å². The number of rotatable bonds is 5. The molecule has 0 aromatic rings. The maximum atomic E-state index is 5.43. The lowest BCUT2D eigenvalue weighted by atomic mass is 10.2. The molecule has 0 aromatic heterocycles. The van der Waals surface area contributed by atoms with Gasteiger partial charge in [-0.25, -0.2) is 0 Å². The lowest BCUT2D eigenvalue weighted by molar-refractivity contribution is 0.00141. The molecule has 1 rings (SSSR count). The van der Waals surface area contributed by atoms with E-state index in [4.69, 9.17) is 4.74 Å². The van der Waals surface area contributed by atoms with E-state index in [-0.39, 0.29) is 24.0 Å². The second-order valence-electron chi connectivity index (χ2n) is 5.02. The zero-order valence-corrected chi connectivity index (χ0v) is 14.9. The molecule has 6 heteroatoms. The van der Waals surface area contributed by atoms with E-state index in [1.807, 2.05) is 0 Å². The highest BCUT2D eigenvalue weighted by atomic mass is 127. The summed E-state index contributed by atoms with van der Waals surface area (Å²) in [6, 6.07) is 0.916. The monoisotopic (exact) mass is 384 g/mol. The summed E-state index contributed by atoms with van der Waals surface area (Å²) in [5.74, 6) is 0.911. The molecule has 0 aromatic carbocycles. The number of aliphatic imine (C=N–C) groups is 1. The first-order chi connectivity index (χ1) is 8.63. The molecule has 0 saturated carbocycles. The van der Waals surface area contributed by atoms with Crippen molar-refractivity contribution in [3.63, 3.8) is 0 Å². The molecule has 1 unspecified atom stereocenters. The standard InChI is InChI=1S/C13H28N4O.HI/c1-5-14-13(16-11(2)3)15-6-7-17-8-9-18-10-12(17)4;/h11-12H,5-10H2,1-4H3,(H2,14,15,16);1H. The molecular weight excluding hydrogens is 355 g/mol. The van der Waals surface area contributed by atoms with Crippen LogP contribution >= 0.6 is 24.0 Å². The Balaban J connectivity index is 0.00000324. The van der Waals surface area contributed by atoms with Crippen LogP contribution in [-0.2, 0) is 4.74 Å². The van der Waals surface area contributed by atoms with E-state index < -0.39 is 0 Å². The van der Waals surface area contributed by atoms with E-state index in [0.717, 1.165) is 45.4 Å². The predicted octanol–water partition coefficient (Wildman–Crippen LogP) is 1.29. The van der Waals surface area contributed by atoms with Gasteiger partial charge in [0, 0.05) is 31.7 Å². The Morgan fingerprint density at radius 2 is 2.21 bits per heavy atom. The Hall–Kier alpha value is -0.0800. The Labute approximate surface area is 134 Å². The third kappa shape index (κ3) is 7.94. The first-order valence-corrected chi connectivity index (χ1v) is 7.00. The summed E-state index contributed by atoms with van der Waals surface area (Å²) in [5, 5.41) is 6.58. The maximum absolute atomic E-state index is 5.43. The van der Waals surface area contributed by atoms with Crippen LogP contribution in [0.5, 0.6) is 0 Å². The molecule has 1 aliphatic rings. The Morgan fingerprint density at radius 3 is 2.79 bits per heavy atom. The number of nitrogens with one attached hydrogen (secondary N) is 2. The van der Waals surface area contributed by atoms with Crippen molar-refractivity contribution in [2.24, 2.45) is 4.99 Å². The van der Waals surface area contributed by atoms with Crippen LogP contribution in [-0.4, -0.2) is 62.3 Å². The fraction of sp³-hybridized carbons (Fsp3) is 0.923. The summed E-state index contributed by atoms with van der Waals surface area (Å²) in [6.07, 6.45) is 0. The third-order valence-corrected chi connectivity index (χ3v) is 2.93. The second kappa shape index (κ2) is 10.7. The molecule has 0 bridgehead atoms. The minimum atomic E-state index is 0. The summed E-state index contributed by atoms with van der Waals surface area (Å²) in [7, 11) is 0. The smallest absolute Gasteiger partial charge is 0.191 e. The molecule has 1 saturated heterocycles. The van der Waals surface area contributed by atoms with Crippen LogP contribution in [0.1, 0.15) is 27.7 Å². The van der Waals surface area contributed by atoms with Gasteiger partial charge in [-0.15, -0.1) is 24.0 Å².